The molecule has 5 heteroatoms. The van der Waals surface area contributed by atoms with Crippen LogP contribution in [-0.4, -0.2) is 41.6 Å². The van der Waals surface area contributed by atoms with E-state index in [1.165, 1.54) is 24.3 Å². The van der Waals surface area contributed by atoms with Crippen LogP contribution in [0.15, 0.2) is 24.3 Å². The van der Waals surface area contributed by atoms with E-state index in [9.17, 15) is 14.6 Å². The van der Waals surface area contributed by atoms with Crippen LogP contribution in [0, 0.1) is 5.82 Å². The molecule has 0 heterocycles. The van der Waals surface area contributed by atoms with Crippen LogP contribution in [-0.2, 0) is 0 Å². The van der Waals surface area contributed by atoms with Crippen LogP contribution in [0.5, 0.6) is 5.75 Å². The number of hydrogen-bond acceptors (Lipinski definition) is 4. The molecular formula is C14H22FNO3. The van der Waals surface area contributed by atoms with Crippen LogP contribution in [0.25, 0.3) is 0 Å². The molecular weight excluding hydrogens is 249 g/mol. The fraction of sp³-hybridized carbons (Fsp3) is 0.571. The summed E-state index contributed by atoms with van der Waals surface area (Å²) in [7, 11) is 0. The molecule has 4 nitrogen and oxygen atoms in total. The first-order valence-electron chi connectivity index (χ1n) is 6.41. The van der Waals surface area contributed by atoms with Crippen LogP contribution < -0.4 is 10.1 Å². The molecule has 0 fully saturated rings. The summed E-state index contributed by atoms with van der Waals surface area (Å²) >= 11 is 0. The summed E-state index contributed by atoms with van der Waals surface area (Å²) in [5, 5.41) is 22.1. The zero-order valence-electron chi connectivity index (χ0n) is 11.4. The van der Waals surface area contributed by atoms with Gasteiger partial charge < -0.3 is 20.3 Å². The van der Waals surface area contributed by atoms with E-state index in [-0.39, 0.29) is 19.0 Å². The molecule has 0 spiro atoms. The molecule has 0 radical (unpaired) electrons. The van der Waals surface area contributed by atoms with E-state index in [0.29, 0.717) is 12.3 Å². The fourth-order valence-electron chi connectivity index (χ4n) is 1.44. The molecule has 0 saturated heterocycles. The van der Waals surface area contributed by atoms with Gasteiger partial charge in [-0.05, 0) is 37.6 Å². The lowest BCUT2D eigenvalue weighted by Crippen LogP contribution is -2.49. The van der Waals surface area contributed by atoms with Gasteiger partial charge in [-0.1, -0.05) is 6.92 Å². The number of nitrogens with one attached hydrogen (secondary N) is 1. The molecule has 2 unspecified atom stereocenters. The predicted octanol–water partition coefficient (Wildman–Crippen LogP) is 1.32. The Balaban J connectivity index is 2.31. The minimum atomic E-state index is -0.692. The van der Waals surface area contributed by atoms with Gasteiger partial charge in [0.1, 0.15) is 24.3 Å². The Hall–Kier alpha value is -1.17. The molecule has 0 aromatic heterocycles. The Morgan fingerprint density at radius 1 is 1.37 bits per heavy atom. The standard InChI is InChI=1S/C14H22FNO3/c1-3-14(2,10-17)16-8-12(18)9-19-13-6-4-11(15)5-7-13/h4-7,12,16-18H,3,8-10H2,1-2H3. The maximum absolute atomic E-state index is 12.7. The molecule has 19 heavy (non-hydrogen) atoms. The number of aliphatic hydroxyl groups is 2. The lowest BCUT2D eigenvalue weighted by Gasteiger charge is -2.28. The first kappa shape index (κ1) is 15.9. The molecule has 0 aliphatic carbocycles. The molecule has 0 aliphatic heterocycles. The molecule has 1 aromatic rings. The minimum absolute atomic E-state index is 0.00897. The average molecular weight is 271 g/mol. The Morgan fingerprint density at radius 2 is 2.00 bits per heavy atom. The third-order valence-electron chi connectivity index (χ3n) is 3.15. The van der Waals surface area contributed by atoms with Crippen LogP contribution in [0.2, 0.25) is 0 Å². The summed E-state index contributed by atoms with van der Waals surface area (Å²) in [5.41, 5.74) is -0.392. The highest BCUT2D eigenvalue weighted by atomic mass is 19.1. The fourth-order valence-corrected chi connectivity index (χ4v) is 1.44. The van der Waals surface area contributed by atoms with Crippen molar-refractivity contribution >= 4 is 0 Å². The number of β-amino-alcohol motifs (C(OH)–C–C–N with tert-alkyl or cyclic N) is 1. The van der Waals surface area contributed by atoms with Gasteiger partial charge in [0.2, 0.25) is 0 Å². The smallest absolute Gasteiger partial charge is 0.123 e. The highest BCUT2D eigenvalue weighted by Crippen LogP contribution is 2.11. The lowest BCUT2D eigenvalue weighted by molar-refractivity contribution is 0.0866. The quantitative estimate of drug-likeness (QED) is 0.667. The zero-order valence-corrected chi connectivity index (χ0v) is 11.4. The van der Waals surface area contributed by atoms with Crippen molar-refractivity contribution in [2.75, 3.05) is 19.8 Å². The van der Waals surface area contributed by atoms with Gasteiger partial charge in [-0.25, -0.2) is 4.39 Å². The van der Waals surface area contributed by atoms with Crippen LogP contribution >= 0.6 is 0 Å². The van der Waals surface area contributed by atoms with Gasteiger partial charge in [0, 0.05) is 12.1 Å². The second-order valence-corrected chi connectivity index (χ2v) is 4.87. The van der Waals surface area contributed by atoms with Crippen molar-refractivity contribution in [3.63, 3.8) is 0 Å². The van der Waals surface area contributed by atoms with E-state index in [4.69, 9.17) is 4.74 Å². The van der Waals surface area contributed by atoms with Gasteiger partial charge in [0.05, 0.1) is 6.61 Å². The van der Waals surface area contributed by atoms with Crippen molar-refractivity contribution in [2.45, 2.75) is 31.9 Å². The number of halogens is 1. The first-order valence-corrected chi connectivity index (χ1v) is 6.41. The normalized spacial score (nSPS) is 15.8. The molecule has 0 saturated carbocycles. The Bertz CT molecular complexity index is 365. The second kappa shape index (κ2) is 7.43. The van der Waals surface area contributed by atoms with Gasteiger partial charge in [-0.2, -0.15) is 0 Å². The van der Waals surface area contributed by atoms with E-state index in [1.54, 1.807) is 0 Å². The second-order valence-electron chi connectivity index (χ2n) is 4.87. The zero-order chi connectivity index (χ0) is 14.3. The number of hydrogen-bond donors (Lipinski definition) is 3. The van der Waals surface area contributed by atoms with E-state index < -0.39 is 11.6 Å². The summed E-state index contributed by atoms with van der Waals surface area (Å²) in [6.07, 6.45) is 0.0668. The van der Waals surface area contributed by atoms with E-state index >= 15 is 0 Å². The Kier molecular flexibility index (Phi) is 6.21. The number of rotatable bonds is 8. The maximum atomic E-state index is 12.7. The number of benzene rings is 1. The predicted molar refractivity (Wildman–Crippen MR) is 71.7 cm³/mol. The molecule has 1 aromatic carbocycles. The van der Waals surface area contributed by atoms with Crippen molar-refractivity contribution in [1.82, 2.24) is 5.32 Å². The van der Waals surface area contributed by atoms with Gasteiger partial charge in [0.15, 0.2) is 0 Å². The van der Waals surface area contributed by atoms with E-state index in [0.717, 1.165) is 6.42 Å². The minimum Gasteiger partial charge on any atom is -0.491 e. The lowest BCUT2D eigenvalue weighted by atomic mass is 10.0. The van der Waals surface area contributed by atoms with Crippen molar-refractivity contribution in [2.24, 2.45) is 0 Å². The molecule has 1 rings (SSSR count). The first-order chi connectivity index (χ1) is 8.99. The largest absolute Gasteiger partial charge is 0.491 e. The van der Waals surface area contributed by atoms with Gasteiger partial charge >= 0.3 is 0 Å². The summed E-state index contributed by atoms with van der Waals surface area (Å²) in [5.74, 6) is 0.192. The monoisotopic (exact) mass is 271 g/mol. The van der Waals surface area contributed by atoms with Crippen molar-refractivity contribution in [3.05, 3.63) is 30.1 Å². The Labute approximate surface area is 113 Å². The van der Waals surface area contributed by atoms with Gasteiger partial charge in [0.25, 0.3) is 0 Å². The molecule has 0 aliphatic rings. The molecule has 0 bridgehead atoms. The highest BCUT2D eigenvalue weighted by molar-refractivity contribution is 5.22. The summed E-state index contributed by atoms with van der Waals surface area (Å²) < 4.78 is 18.0. The average Bonchev–Trinajstić information content (AvgIpc) is 2.44. The molecule has 3 N–H and O–H groups in total. The molecule has 2 atom stereocenters. The molecule has 0 amide bonds. The Morgan fingerprint density at radius 3 is 2.53 bits per heavy atom. The summed E-state index contributed by atoms with van der Waals surface area (Å²) in [6.45, 7) is 4.30. The third-order valence-corrected chi connectivity index (χ3v) is 3.15. The van der Waals surface area contributed by atoms with Crippen LogP contribution in [0.4, 0.5) is 4.39 Å². The van der Waals surface area contributed by atoms with Crippen molar-refractivity contribution in [1.29, 1.82) is 0 Å². The summed E-state index contributed by atoms with van der Waals surface area (Å²) in [4.78, 5) is 0. The van der Waals surface area contributed by atoms with Crippen LogP contribution in [0.3, 0.4) is 0 Å². The topological polar surface area (TPSA) is 61.7 Å². The SMILES string of the molecule is CCC(C)(CO)NCC(O)COc1ccc(F)cc1. The third kappa shape index (κ3) is 5.55. The number of ether oxygens (including phenoxy) is 1. The maximum Gasteiger partial charge on any atom is 0.123 e. The van der Waals surface area contributed by atoms with Crippen molar-refractivity contribution < 1.29 is 19.3 Å². The van der Waals surface area contributed by atoms with Crippen molar-refractivity contribution in [3.8, 4) is 5.75 Å². The molecule has 108 valence electrons. The van der Waals surface area contributed by atoms with Gasteiger partial charge in [-0.3, -0.25) is 0 Å². The highest BCUT2D eigenvalue weighted by Gasteiger charge is 2.21. The number of aliphatic hydroxyl groups excluding tert-OH is 2. The summed E-state index contributed by atoms with van der Waals surface area (Å²) in [6, 6.07) is 5.64. The van der Waals surface area contributed by atoms with E-state index in [2.05, 4.69) is 5.32 Å². The van der Waals surface area contributed by atoms with E-state index in [1.807, 2.05) is 13.8 Å². The van der Waals surface area contributed by atoms with Gasteiger partial charge in [-0.15, -0.1) is 0 Å². The van der Waals surface area contributed by atoms with Crippen LogP contribution in [0.1, 0.15) is 20.3 Å².